The fourth-order valence-corrected chi connectivity index (χ4v) is 2.10. The molecule has 2 N–H and O–H groups in total. The zero-order valence-electron chi connectivity index (χ0n) is 9.66. The Morgan fingerprint density at radius 3 is 2.50 bits per heavy atom. The maximum absolute atomic E-state index is 11.5. The summed E-state index contributed by atoms with van der Waals surface area (Å²) in [6.45, 7) is 1.60. The minimum absolute atomic E-state index is 0.0311. The van der Waals surface area contributed by atoms with Crippen molar-refractivity contribution in [3.63, 3.8) is 0 Å². The molecule has 0 atom stereocenters. The van der Waals surface area contributed by atoms with Crippen molar-refractivity contribution >= 4 is 11.9 Å². The average molecular weight is 225 g/mol. The van der Waals surface area contributed by atoms with E-state index < -0.39 is 5.97 Å². The summed E-state index contributed by atoms with van der Waals surface area (Å²) < 4.78 is 0. The first kappa shape index (κ1) is 12.7. The van der Waals surface area contributed by atoms with Crippen molar-refractivity contribution in [2.45, 2.75) is 45.4 Å². The number of carbonyl (C=O) groups is 2. The van der Waals surface area contributed by atoms with Gasteiger partial charge < -0.3 is 10.4 Å². The second kappa shape index (κ2) is 6.30. The van der Waals surface area contributed by atoms with E-state index in [0.717, 1.165) is 6.42 Å². The molecule has 90 valence electrons. The Labute approximate surface area is 95.7 Å². The Morgan fingerprint density at radius 2 is 2.00 bits per heavy atom. The van der Waals surface area contributed by atoms with Gasteiger partial charge in [0.15, 0.2) is 0 Å². The van der Waals surface area contributed by atoms with Crippen molar-refractivity contribution in [1.82, 2.24) is 5.32 Å². The molecule has 0 saturated heterocycles. The summed E-state index contributed by atoms with van der Waals surface area (Å²) in [5.41, 5.74) is -0.0311. The topological polar surface area (TPSA) is 66.4 Å². The lowest BCUT2D eigenvalue weighted by atomic mass is 10.0. The van der Waals surface area contributed by atoms with Gasteiger partial charge in [-0.3, -0.25) is 4.79 Å². The third kappa shape index (κ3) is 4.04. The molecule has 1 aliphatic rings. The Bertz CT molecular complexity index is 291. The van der Waals surface area contributed by atoms with Gasteiger partial charge >= 0.3 is 5.97 Å². The van der Waals surface area contributed by atoms with Crippen LogP contribution in [0.25, 0.3) is 0 Å². The first-order chi connectivity index (χ1) is 7.63. The molecule has 4 nitrogen and oxygen atoms in total. The first-order valence-electron chi connectivity index (χ1n) is 5.83. The number of allylic oxidation sites excluding steroid dienone is 1. The van der Waals surface area contributed by atoms with Crippen LogP contribution in [-0.4, -0.2) is 17.0 Å². The quantitative estimate of drug-likeness (QED) is 0.704. The van der Waals surface area contributed by atoms with Crippen LogP contribution < -0.4 is 5.32 Å². The molecule has 0 radical (unpaired) electrons. The highest BCUT2D eigenvalue weighted by Gasteiger charge is 2.17. The molecule has 0 bridgehead atoms. The van der Waals surface area contributed by atoms with Gasteiger partial charge in [-0.1, -0.05) is 31.8 Å². The van der Waals surface area contributed by atoms with Crippen LogP contribution in [-0.2, 0) is 9.59 Å². The molecule has 1 aliphatic carbocycles. The highest BCUT2D eigenvalue weighted by atomic mass is 16.4. The predicted octanol–water partition coefficient (Wildman–Crippen LogP) is 2.06. The normalized spacial score (nSPS) is 17.4. The zero-order valence-corrected chi connectivity index (χ0v) is 9.66. The molecule has 0 aromatic rings. The molecule has 0 spiro atoms. The summed E-state index contributed by atoms with van der Waals surface area (Å²) in [5, 5.41) is 11.1. The van der Waals surface area contributed by atoms with Gasteiger partial charge in [0.25, 0.3) is 0 Å². The predicted molar refractivity (Wildman–Crippen MR) is 60.7 cm³/mol. The van der Waals surface area contributed by atoms with Crippen molar-refractivity contribution in [1.29, 1.82) is 0 Å². The molecule has 1 rings (SSSR count). The van der Waals surface area contributed by atoms with Crippen LogP contribution in [0.4, 0.5) is 0 Å². The van der Waals surface area contributed by atoms with Gasteiger partial charge in [0.1, 0.15) is 5.70 Å². The maximum Gasteiger partial charge on any atom is 0.352 e. The zero-order chi connectivity index (χ0) is 12.0. The van der Waals surface area contributed by atoms with Crippen LogP contribution >= 0.6 is 0 Å². The van der Waals surface area contributed by atoms with Crippen molar-refractivity contribution in [3.05, 3.63) is 11.8 Å². The summed E-state index contributed by atoms with van der Waals surface area (Å²) in [6, 6.07) is 0. The Morgan fingerprint density at radius 1 is 1.38 bits per heavy atom. The minimum atomic E-state index is -1.09. The molecule has 0 aromatic carbocycles. The molecular weight excluding hydrogens is 206 g/mol. The van der Waals surface area contributed by atoms with E-state index >= 15 is 0 Å². The number of aliphatic carboxylic acids is 1. The van der Waals surface area contributed by atoms with Crippen molar-refractivity contribution in [3.8, 4) is 0 Å². The summed E-state index contributed by atoms with van der Waals surface area (Å²) in [5.74, 6) is -0.622. The number of hydrogen-bond acceptors (Lipinski definition) is 2. The highest BCUT2D eigenvalue weighted by Crippen LogP contribution is 2.28. The molecule has 0 unspecified atom stereocenters. The van der Waals surface area contributed by atoms with Crippen LogP contribution in [0.2, 0.25) is 0 Å². The van der Waals surface area contributed by atoms with E-state index in [-0.39, 0.29) is 11.6 Å². The fraction of sp³-hybridized carbons (Fsp3) is 0.667. The Kier molecular flexibility index (Phi) is 5.02. The number of amides is 1. The monoisotopic (exact) mass is 225 g/mol. The third-order valence-corrected chi connectivity index (χ3v) is 3.05. The lowest BCUT2D eigenvalue weighted by Crippen LogP contribution is -2.27. The minimum Gasteiger partial charge on any atom is -0.477 e. The number of rotatable bonds is 5. The third-order valence-electron chi connectivity index (χ3n) is 3.05. The number of carbonyl (C=O) groups excluding carboxylic acids is 1. The first-order valence-corrected chi connectivity index (χ1v) is 5.83. The standard InChI is InChI=1S/C12H19NO3/c1-2-10(12(15)16)13-11(14)8-7-9-5-3-4-6-9/h2,9H,3-8H2,1H3,(H,13,14)(H,15,16). The Hall–Kier alpha value is -1.32. The molecule has 4 heteroatoms. The summed E-state index contributed by atoms with van der Waals surface area (Å²) in [7, 11) is 0. The van der Waals surface area contributed by atoms with E-state index in [4.69, 9.17) is 5.11 Å². The van der Waals surface area contributed by atoms with Crippen LogP contribution in [0.1, 0.15) is 45.4 Å². The van der Waals surface area contributed by atoms with Crippen LogP contribution in [0, 0.1) is 5.92 Å². The number of carboxylic acid groups (broad SMARTS) is 1. The number of hydrogen-bond donors (Lipinski definition) is 2. The van der Waals surface area contributed by atoms with E-state index in [0.29, 0.717) is 12.3 Å². The van der Waals surface area contributed by atoms with Gasteiger partial charge in [0.05, 0.1) is 0 Å². The molecule has 0 aromatic heterocycles. The molecule has 0 heterocycles. The molecule has 1 fully saturated rings. The van der Waals surface area contributed by atoms with Gasteiger partial charge in [-0.25, -0.2) is 4.79 Å². The lowest BCUT2D eigenvalue weighted by molar-refractivity contribution is -0.134. The highest BCUT2D eigenvalue weighted by molar-refractivity contribution is 5.92. The molecule has 1 amide bonds. The molecular formula is C12H19NO3. The lowest BCUT2D eigenvalue weighted by Gasteiger charge is -2.09. The largest absolute Gasteiger partial charge is 0.477 e. The van der Waals surface area contributed by atoms with E-state index in [1.165, 1.54) is 31.8 Å². The summed E-state index contributed by atoms with van der Waals surface area (Å²) in [4.78, 5) is 22.1. The van der Waals surface area contributed by atoms with Gasteiger partial charge in [0, 0.05) is 6.42 Å². The second-order valence-electron chi connectivity index (χ2n) is 4.24. The van der Waals surface area contributed by atoms with Gasteiger partial charge in [-0.15, -0.1) is 0 Å². The second-order valence-corrected chi connectivity index (χ2v) is 4.24. The average Bonchev–Trinajstić information content (AvgIpc) is 2.75. The van der Waals surface area contributed by atoms with Crippen molar-refractivity contribution < 1.29 is 14.7 Å². The number of carboxylic acids is 1. The fourth-order valence-electron chi connectivity index (χ4n) is 2.10. The molecule has 16 heavy (non-hydrogen) atoms. The smallest absolute Gasteiger partial charge is 0.352 e. The van der Waals surface area contributed by atoms with Crippen LogP contribution in [0.3, 0.4) is 0 Å². The van der Waals surface area contributed by atoms with Gasteiger partial charge in [0.2, 0.25) is 5.91 Å². The van der Waals surface area contributed by atoms with Gasteiger partial charge in [-0.2, -0.15) is 0 Å². The summed E-state index contributed by atoms with van der Waals surface area (Å²) >= 11 is 0. The molecule has 1 saturated carbocycles. The van der Waals surface area contributed by atoms with E-state index in [1.54, 1.807) is 6.92 Å². The Balaban J connectivity index is 2.27. The van der Waals surface area contributed by atoms with E-state index in [1.807, 2.05) is 0 Å². The van der Waals surface area contributed by atoms with Gasteiger partial charge in [-0.05, 0) is 19.3 Å². The van der Waals surface area contributed by atoms with Crippen molar-refractivity contribution in [2.75, 3.05) is 0 Å². The van der Waals surface area contributed by atoms with Crippen LogP contribution in [0.5, 0.6) is 0 Å². The maximum atomic E-state index is 11.5. The van der Waals surface area contributed by atoms with Crippen LogP contribution in [0.15, 0.2) is 11.8 Å². The summed E-state index contributed by atoms with van der Waals surface area (Å²) in [6.07, 6.45) is 7.65. The SMILES string of the molecule is CC=C(NC(=O)CCC1CCCC1)C(=O)O. The number of nitrogens with one attached hydrogen (secondary N) is 1. The van der Waals surface area contributed by atoms with E-state index in [9.17, 15) is 9.59 Å². The van der Waals surface area contributed by atoms with E-state index in [2.05, 4.69) is 5.32 Å². The van der Waals surface area contributed by atoms with Crippen molar-refractivity contribution in [2.24, 2.45) is 5.92 Å². The molecule has 0 aliphatic heterocycles.